The van der Waals surface area contributed by atoms with Crippen LogP contribution >= 0.6 is 0 Å². The maximum absolute atomic E-state index is 5.33. The van der Waals surface area contributed by atoms with Gasteiger partial charge in [0, 0.05) is 51.4 Å². The normalized spacial score (nSPS) is 13.1. The lowest BCUT2D eigenvalue weighted by molar-refractivity contribution is 0.643. The van der Waals surface area contributed by atoms with Crippen LogP contribution in [0.1, 0.15) is 100 Å². The van der Waals surface area contributed by atoms with Crippen LogP contribution in [-0.2, 0) is 32.7 Å². The van der Waals surface area contributed by atoms with Crippen molar-refractivity contribution < 1.29 is 0 Å². The standard InChI is InChI=1S/C37H48N4/c1-22(2)18-26-30-10-11-31(38-30)27(19-23(3)4)33-13-15-35(40-33)29(21-25(7)8)37-17-16-36(41(37)9)28(20-24(5)6)34-14-12-32(26)39-34/h10-17,22-25,38H,18-21H2,1-9H3. The molecule has 0 radical (unpaired) electrons. The van der Waals surface area contributed by atoms with Crippen LogP contribution in [0.2, 0.25) is 0 Å². The van der Waals surface area contributed by atoms with Gasteiger partial charge in [0.1, 0.15) is 0 Å². The molecule has 5 heterocycles. The summed E-state index contributed by atoms with van der Waals surface area (Å²) in [6.07, 6.45) is 12.8. The minimum atomic E-state index is 0.519. The van der Waals surface area contributed by atoms with E-state index in [1.165, 1.54) is 33.3 Å². The predicted molar refractivity (Wildman–Crippen MR) is 178 cm³/mol. The van der Waals surface area contributed by atoms with Crippen LogP contribution in [0.4, 0.5) is 0 Å². The van der Waals surface area contributed by atoms with Crippen LogP contribution < -0.4 is 0 Å². The number of nitrogens with zero attached hydrogens (tertiary/aromatic N) is 3. The highest BCUT2D eigenvalue weighted by Crippen LogP contribution is 2.31. The van der Waals surface area contributed by atoms with E-state index in [1.54, 1.807) is 0 Å². The lowest BCUT2D eigenvalue weighted by Crippen LogP contribution is -2.03. The molecular formula is C37H48N4. The van der Waals surface area contributed by atoms with Gasteiger partial charge in [-0.15, -0.1) is 0 Å². The molecule has 0 aliphatic carbocycles. The van der Waals surface area contributed by atoms with Crippen LogP contribution in [0.3, 0.4) is 0 Å². The van der Waals surface area contributed by atoms with Gasteiger partial charge in [-0.3, -0.25) is 0 Å². The van der Waals surface area contributed by atoms with Crippen molar-refractivity contribution in [2.45, 2.75) is 81.1 Å². The molecule has 2 aliphatic heterocycles. The van der Waals surface area contributed by atoms with Crippen LogP contribution in [0.25, 0.3) is 46.4 Å². The van der Waals surface area contributed by atoms with Gasteiger partial charge in [-0.2, -0.15) is 0 Å². The number of fused-ring (bicyclic) bond motifs is 8. The first-order valence-corrected chi connectivity index (χ1v) is 15.6. The summed E-state index contributed by atoms with van der Waals surface area (Å²) in [6.45, 7) is 18.4. The molecule has 0 atom stereocenters. The minimum Gasteiger partial charge on any atom is -0.355 e. The Bertz CT molecular complexity index is 1530. The number of H-pyrrole nitrogens is 1. The number of rotatable bonds is 8. The molecule has 8 bridgehead atoms. The molecule has 0 unspecified atom stereocenters. The zero-order valence-corrected chi connectivity index (χ0v) is 26.6. The maximum atomic E-state index is 5.33. The molecule has 0 spiro atoms. The Kier molecular flexibility index (Phi) is 8.40. The number of hydrogen-bond donors (Lipinski definition) is 1. The van der Waals surface area contributed by atoms with Gasteiger partial charge >= 0.3 is 0 Å². The number of hydrogen-bond acceptors (Lipinski definition) is 2. The molecule has 2 aliphatic rings. The van der Waals surface area contributed by atoms with Gasteiger partial charge in [0.15, 0.2) is 0 Å². The number of nitrogens with one attached hydrogen (secondary N) is 1. The first-order chi connectivity index (χ1) is 19.5. The Morgan fingerprint density at radius 3 is 1.17 bits per heavy atom. The van der Waals surface area contributed by atoms with E-state index in [2.05, 4.69) is 121 Å². The molecule has 41 heavy (non-hydrogen) atoms. The van der Waals surface area contributed by atoms with Crippen molar-refractivity contribution in [1.82, 2.24) is 19.5 Å². The van der Waals surface area contributed by atoms with Crippen molar-refractivity contribution in [3.63, 3.8) is 0 Å². The zero-order chi connectivity index (χ0) is 29.4. The largest absolute Gasteiger partial charge is 0.355 e. The highest BCUT2D eigenvalue weighted by Gasteiger charge is 2.18. The van der Waals surface area contributed by atoms with Crippen molar-refractivity contribution in [2.24, 2.45) is 30.7 Å². The summed E-state index contributed by atoms with van der Waals surface area (Å²) in [5.41, 5.74) is 14.4. The third-order valence-electron chi connectivity index (χ3n) is 8.04. The quantitative estimate of drug-likeness (QED) is 0.210. The summed E-state index contributed by atoms with van der Waals surface area (Å²) in [6, 6.07) is 9.11. The van der Waals surface area contributed by atoms with E-state index in [-0.39, 0.29) is 0 Å². The molecule has 216 valence electrons. The predicted octanol–water partition coefficient (Wildman–Crippen LogP) is 9.46. The van der Waals surface area contributed by atoms with Crippen LogP contribution in [-0.4, -0.2) is 19.5 Å². The SMILES string of the molecule is CC(C)Cc1c2nc(c(CC(C)C)c3ccc(c(CC(C)C)c4nc(c(CC(C)C)c5ccc1[nH]5)C=C4)n3C)C=C2. The van der Waals surface area contributed by atoms with Crippen molar-refractivity contribution in [3.05, 3.63) is 69.3 Å². The monoisotopic (exact) mass is 548 g/mol. The van der Waals surface area contributed by atoms with E-state index in [4.69, 9.17) is 9.97 Å². The zero-order valence-electron chi connectivity index (χ0n) is 26.6. The summed E-state index contributed by atoms with van der Waals surface area (Å²) in [4.78, 5) is 14.5. The topological polar surface area (TPSA) is 46.5 Å². The van der Waals surface area contributed by atoms with E-state index >= 15 is 0 Å². The molecule has 0 saturated carbocycles. The summed E-state index contributed by atoms with van der Waals surface area (Å²) in [7, 11) is 2.22. The average Bonchev–Trinajstić information content (AvgIpc) is 3.69. The number of aryl methyl sites for hydroxylation is 1. The highest BCUT2D eigenvalue weighted by molar-refractivity contribution is 5.83. The summed E-state index contributed by atoms with van der Waals surface area (Å²) >= 11 is 0. The summed E-state index contributed by atoms with van der Waals surface area (Å²) in [5.74, 6) is 2.08. The summed E-state index contributed by atoms with van der Waals surface area (Å²) < 4.78 is 2.39. The van der Waals surface area contributed by atoms with Gasteiger partial charge in [0.05, 0.1) is 22.8 Å². The molecule has 4 heteroatoms. The Labute approximate surface area is 246 Å². The molecule has 3 aromatic heterocycles. The molecule has 0 amide bonds. The smallest absolute Gasteiger partial charge is 0.0690 e. The second kappa shape index (κ2) is 11.8. The van der Waals surface area contributed by atoms with E-state index in [0.717, 1.165) is 59.5 Å². The Hall–Kier alpha value is -3.40. The van der Waals surface area contributed by atoms with Crippen molar-refractivity contribution in [2.75, 3.05) is 0 Å². The van der Waals surface area contributed by atoms with Gasteiger partial charge in [-0.1, -0.05) is 55.4 Å². The first kappa shape index (κ1) is 29.1. The third-order valence-corrected chi connectivity index (χ3v) is 8.04. The van der Waals surface area contributed by atoms with Crippen LogP contribution in [0, 0.1) is 23.7 Å². The molecule has 0 saturated heterocycles. The molecule has 0 aromatic carbocycles. The number of aromatic nitrogens is 4. The molecular weight excluding hydrogens is 500 g/mol. The lowest BCUT2D eigenvalue weighted by atomic mass is 10.0. The molecule has 4 nitrogen and oxygen atoms in total. The molecule has 5 rings (SSSR count). The molecule has 1 N–H and O–H groups in total. The Morgan fingerprint density at radius 2 is 0.829 bits per heavy atom. The van der Waals surface area contributed by atoms with E-state index < -0.39 is 0 Å². The fraction of sp³-hybridized carbons (Fsp3) is 0.459. The Balaban J connectivity index is 1.98. The number of aromatic amines is 1. The van der Waals surface area contributed by atoms with Gasteiger partial charge in [-0.05, 0) is 97.9 Å². The lowest BCUT2D eigenvalue weighted by Gasteiger charge is -2.12. The van der Waals surface area contributed by atoms with Crippen molar-refractivity contribution >= 4 is 46.4 Å². The fourth-order valence-electron chi connectivity index (χ4n) is 6.28. The van der Waals surface area contributed by atoms with Gasteiger partial charge in [0.2, 0.25) is 0 Å². The first-order valence-electron chi connectivity index (χ1n) is 15.6. The van der Waals surface area contributed by atoms with Gasteiger partial charge < -0.3 is 9.55 Å². The van der Waals surface area contributed by atoms with Crippen LogP contribution in [0.5, 0.6) is 0 Å². The van der Waals surface area contributed by atoms with E-state index in [0.29, 0.717) is 23.7 Å². The minimum absolute atomic E-state index is 0.519. The maximum Gasteiger partial charge on any atom is 0.0690 e. The second-order valence-corrected chi connectivity index (χ2v) is 13.7. The van der Waals surface area contributed by atoms with E-state index in [9.17, 15) is 0 Å². The Morgan fingerprint density at radius 1 is 0.512 bits per heavy atom. The average molecular weight is 549 g/mol. The van der Waals surface area contributed by atoms with Crippen LogP contribution in [0.15, 0.2) is 24.3 Å². The van der Waals surface area contributed by atoms with Gasteiger partial charge in [0.25, 0.3) is 0 Å². The highest BCUT2D eigenvalue weighted by atomic mass is 14.9. The molecule has 3 aromatic rings. The second-order valence-electron chi connectivity index (χ2n) is 13.7. The van der Waals surface area contributed by atoms with Gasteiger partial charge in [-0.25, -0.2) is 9.97 Å². The van der Waals surface area contributed by atoms with Crippen molar-refractivity contribution in [1.29, 1.82) is 0 Å². The van der Waals surface area contributed by atoms with Crippen molar-refractivity contribution in [3.8, 4) is 0 Å². The van der Waals surface area contributed by atoms with E-state index in [1.807, 2.05) is 0 Å². The third kappa shape index (κ3) is 6.12. The summed E-state index contributed by atoms with van der Waals surface area (Å²) in [5, 5.41) is 0. The molecule has 0 fully saturated rings. The fourth-order valence-corrected chi connectivity index (χ4v) is 6.28.